The minimum atomic E-state index is -0.242. The van der Waals surface area contributed by atoms with Gasteiger partial charge in [0.1, 0.15) is 5.75 Å². The van der Waals surface area contributed by atoms with Gasteiger partial charge in [-0.1, -0.05) is 30.7 Å². The Bertz CT molecular complexity index is 1040. The van der Waals surface area contributed by atoms with Crippen LogP contribution in [0.1, 0.15) is 24.8 Å². The second kappa shape index (κ2) is 10.2. The lowest BCUT2D eigenvalue weighted by Crippen LogP contribution is -2.46. The molecule has 0 aliphatic carbocycles. The molecular formula is C25H27N3O4. The summed E-state index contributed by atoms with van der Waals surface area (Å²) in [6, 6.07) is 18.1. The highest BCUT2D eigenvalue weighted by Gasteiger charge is 2.29. The Hall–Kier alpha value is -3.58. The fourth-order valence-electron chi connectivity index (χ4n) is 3.90. The van der Waals surface area contributed by atoms with Crippen molar-refractivity contribution in [1.82, 2.24) is 9.88 Å². The van der Waals surface area contributed by atoms with Crippen molar-refractivity contribution >= 4 is 11.6 Å². The molecule has 2 N–H and O–H groups in total. The number of piperidine rings is 1. The minimum absolute atomic E-state index is 0.0547. The third-order valence-corrected chi connectivity index (χ3v) is 5.51. The second-order valence-electron chi connectivity index (χ2n) is 7.78. The maximum atomic E-state index is 13.0. The zero-order valence-corrected chi connectivity index (χ0v) is 18.0. The van der Waals surface area contributed by atoms with Gasteiger partial charge in [-0.05, 0) is 55.3 Å². The normalized spacial score (nSPS) is 16.3. The van der Waals surface area contributed by atoms with Crippen molar-refractivity contribution in [2.75, 3.05) is 19.0 Å². The molecule has 32 heavy (non-hydrogen) atoms. The molecule has 0 spiro atoms. The van der Waals surface area contributed by atoms with Gasteiger partial charge in [-0.2, -0.15) is 0 Å². The molecule has 3 aromatic rings. The highest BCUT2D eigenvalue weighted by molar-refractivity contribution is 5.94. The standard InChI is InChI=1S/C25H27N3O4/c1-31-23-12-10-18(15-22(23)29)17-28-14-6-5-9-21(28)25(30)27-19-11-13-24(26-16-19)32-20-7-3-2-4-8-20/h2-4,7-8,10-13,15-16,21,29H,5-6,9,14,17H2,1H3,(H,27,30)/t21-/m1/s1. The second-order valence-corrected chi connectivity index (χ2v) is 7.78. The van der Waals surface area contributed by atoms with E-state index in [1.165, 1.54) is 7.11 Å². The summed E-state index contributed by atoms with van der Waals surface area (Å²) in [6.07, 6.45) is 4.44. The highest BCUT2D eigenvalue weighted by Crippen LogP contribution is 2.28. The van der Waals surface area contributed by atoms with Gasteiger partial charge >= 0.3 is 0 Å². The number of aromatic hydroxyl groups is 1. The molecule has 0 saturated carbocycles. The maximum absolute atomic E-state index is 13.0. The quantitative estimate of drug-likeness (QED) is 0.567. The van der Waals surface area contributed by atoms with E-state index < -0.39 is 0 Å². The number of rotatable bonds is 7. The molecule has 2 heterocycles. The molecule has 2 aromatic carbocycles. The minimum Gasteiger partial charge on any atom is -0.504 e. The lowest BCUT2D eigenvalue weighted by molar-refractivity contribution is -0.122. The van der Waals surface area contributed by atoms with Gasteiger partial charge in [0.15, 0.2) is 11.5 Å². The summed E-state index contributed by atoms with van der Waals surface area (Å²) in [5.74, 6) is 1.66. The summed E-state index contributed by atoms with van der Waals surface area (Å²) in [6.45, 7) is 1.41. The number of anilines is 1. The van der Waals surface area contributed by atoms with Crippen molar-refractivity contribution < 1.29 is 19.4 Å². The third kappa shape index (κ3) is 5.36. The SMILES string of the molecule is COc1ccc(CN2CCCC[C@@H]2C(=O)Nc2ccc(Oc3ccccc3)nc2)cc1O. The predicted molar refractivity (Wildman–Crippen MR) is 122 cm³/mol. The van der Waals surface area contributed by atoms with Gasteiger partial charge in [-0.3, -0.25) is 9.69 Å². The largest absolute Gasteiger partial charge is 0.504 e. The lowest BCUT2D eigenvalue weighted by atomic mass is 10.00. The van der Waals surface area contributed by atoms with Crippen LogP contribution in [0, 0.1) is 0 Å². The van der Waals surface area contributed by atoms with E-state index in [4.69, 9.17) is 9.47 Å². The fourth-order valence-corrected chi connectivity index (χ4v) is 3.90. The van der Waals surface area contributed by atoms with Crippen molar-refractivity contribution in [3.8, 4) is 23.1 Å². The van der Waals surface area contributed by atoms with Gasteiger partial charge in [0, 0.05) is 12.6 Å². The van der Waals surface area contributed by atoms with Gasteiger partial charge < -0.3 is 19.9 Å². The Morgan fingerprint density at radius 3 is 2.72 bits per heavy atom. The number of carbonyl (C=O) groups excluding carboxylic acids is 1. The molecule has 1 saturated heterocycles. The Kier molecular flexibility index (Phi) is 6.87. The number of methoxy groups -OCH3 is 1. The van der Waals surface area contributed by atoms with Crippen molar-refractivity contribution in [2.45, 2.75) is 31.8 Å². The number of hydrogen-bond acceptors (Lipinski definition) is 6. The fraction of sp³-hybridized carbons (Fsp3) is 0.280. The molecule has 7 heteroatoms. The number of hydrogen-bond donors (Lipinski definition) is 2. The highest BCUT2D eigenvalue weighted by atomic mass is 16.5. The third-order valence-electron chi connectivity index (χ3n) is 5.51. The number of phenolic OH excluding ortho intramolecular Hbond substituents is 1. The zero-order valence-electron chi connectivity index (χ0n) is 18.0. The van der Waals surface area contributed by atoms with Gasteiger partial charge in [-0.25, -0.2) is 4.98 Å². The summed E-state index contributed by atoms with van der Waals surface area (Å²) in [7, 11) is 1.52. The summed E-state index contributed by atoms with van der Waals surface area (Å²) in [5, 5.41) is 13.0. The van der Waals surface area contributed by atoms with Crippen molar-refractivity contribution in [1.29, 1.82) is 0 Å². The number of amides is 1. The van der Waals surface area contributed by atoms with Crippen LogP contribution in [-0.4, -0.2) is 40.6 Å². The molecule has 4 rings (SSSR count). The summed E-state index contributed by atoms with van der Waals surface area (Å²) in [5.41, 5.74) is 1.56. The van der Waals surface area contributed by atoms with Gasteiger partial charge in [-0.15, -0.1) is 0 Å². The number of carbonyl (C=O) groups is 1. The molecule has 0 unspecified atom stereocenters. The van der Waals surface area contributed by atoms with Crippen LogP contribution in [-0.2, 0) is 11.3 Å². The Labute approximate surface area is 187 Å². The van der Waals surface area contributed by atoms with E-state index in [0.29, 0.717) is 29.6 Å². The van der Waals surface area contributed by atoms with Crippen LogP contribution in [0.2, 0.25) is 0 Å². The average molecular weight is 434 g/mol. The van der Waals surface area contributed by atoms with E-state index in [2.05, 4.69) is 15.2 Å². The van der Waals surface area contributed by atoms with E-state index in [1.54, 1.807) is 30.5 Å². The number of benzene rings is 2. The molecular weight excluding hydrogens is 406 g/mol. The summed E-state index contributed by atoms with van der Waals surface area (Å²) < 4.78 is 10.8. The van der Waals surface area contributed by atoms with Gasteiger partial charge in [0.25, 0.3) is 0 Å². The monoisotopic (exact) mass is 433 g/mol. The molecule has 7 nitrogen and oxygen atoms in total. The van der Waals surface area contributed by atoms with Crippen LogP contribution < -0.4 is 14.8 Å². The van der Waals surface area contributed by atoms with E-state index >= 15 is 0 Å². The summed E-state index contributed by atoms with van der Waals surface area (Å²) >= 11 is 0. The molecule has 1 aromatic heterocycles. The number of ether oxygens (including phenoxy) is 2. The zero-order chi connectivity index (χ0) is 22.3. The molecule has 1 aliphatic rings. The van der Waals surface area contributed by atoms with Crippen LogP contribution in [0.3, 0.4) is 0 Å². The van der Waals surface area contributed by atoms with E-state index in [1.807, 2.05) is 36.4 Å². The smallest absolute Gasteiger partial charge is 0.241 e. The van der Waals surface area contributed by atoms with Crippen LogP contribution >= 0.6 is 0 Å². The first-order valence-corrected chi connectivity index (χ1v) is 10.7. The van der Waals surface area contributed by atoms with Gasteiger partial charge in [0.2, 0.25) is 11.8 Å². The summed E-state index contributed by atoms with van der Waals surface area (Å²) in [4.78, 5) is 19.5. The first-order chi connectivity index (χ1) is 15.6. The topological polar surface area (TPSA) is 83.9 Å². The molecule has 166 valence electrons. The van der Waals surface area contributed by atoms with Crippen LogP contribution in [0.25, 0.3) is 0 Å². The Morgan fingerprint density at radius 1 is 1.16 bits per heavy atom. The molecule has 0 bridgehead atoms. The number of aromatic nitrogens is 1. The Morgan fingerprint density at radius 2 is 2.00 bits per heavy atom. The van der Waals surface area contributed by atoms with E-state index in [0.717, 1.165) is 31.4 Å². The number of nitrogens with zero attached hydrogens (tertiary/aromatic N) is 2. The molecule has 1 fully saturated rings. The molecule has 1 aliphatic heterocycles. The van der Waals surface area contributed by atoms with E-state index in [9.17, 15) is 9.90 Å². The molecule has 1 amide bonds. The number of pyridine rings is 1. The number of phenols is 1. The van der Waals surface area contributed by atoms with Crippen molar-refractivity contribution in [3.05, 3.63) is 72.4 Å². The van der Waals surface area contributed by atoms with Crippen LogP contribution in [0.5, 0.6) is 23.1 Å². The molecule has 1 atom stereocenters. The van der Waals surface area contributed by atoms with Crippen molar-refractivity contribution in [2.24, 2.45) is 0 Å². The first kappa shape index (κ1) is 21.6. The van der Waals surface area contributed by atoms with Crippen molar-refractivity contribution in [3.63, 3.8) is 0 Å². The van der Waals surface area contributed by atoms with Crippen LogP contribution in [0.15, 0.2) is 66.9 Å². The van der Waals surface area contributed by atoms with Gasteiger partial charge in [0.05, 0.1) is 25.0 Å². The number of likely N-dealkylation sites (tertiary alicyclic amines) is 1. The van der Waals surface area contributed by atoms with E-state index in [-0.39, 0.29) is 17.7 Å². The lowest BCUT2D eigenvalue weighted by Gasteiger charge is -2.34. The Balaban J connectivity index is 1.39. The average Bonchev–Trinajstić information content (AvgIpc) is 2.81. The molecule has 0 radical (unpaired) electrons. The first-order valence-electron chi connectivity index (χ1n) is 10.7. The number of para-hydroxylation sites is 1. The van der Waals surface area contributed by atoms with Crippen LogP contribution in [0.4, 0.5) is 5.69 Å². The maximum Gasteiger partial charge on any atom is 0.241 e. The predicted octanol–water partition coefficient (Wildman–Crippen LogP) is 4.58. The number of nitrogens with one attached hydrogen (secondary N) is 1.